The van der Waals surface area contributed by atoms with Crippen LogP contribution in [0.25, 0.3) is 10.9 Å². The van der Waals surface area contributed by atoms with Crippen LogP contribution in [0.3, 0.4) is 0 Å². The van der Waals surface area contributed by atoms with E-state index in [9.17, 15) is 13.2 Å². The lowest BCUT2D eigenvalue weighted by Gasteiger charge is -2.18. The summed E-state index contributed by atoms with van der Waals surface area (Å²) in [5.74, 6) is 1.12. The van der Waals surface area contributed by atoms with Gasteiger partial charge in [-0.1, -0.05) is 12.1 Å². The van der Waals surface area contributed by atoms with Gasteiger partial charge in [-0.3, -0.25) is 14.5 Å². The van der Waals surface area contributed by atoms with Gasteiger partial charge in [0.25, 0.3) is 0 Å². The van der Waals surface area contributed by atoms with Gasteiger partial charge in [-0.05, 0) is 82.1 Å². The first-order valence-electron chi connectivity index (χ1n) is 13.4. The van der Waals surface area contributed by atoms with Gasteiger partial charge in [0.2, 0.25) is 5.91 Å². The number of anilines is 1. The first-order valence-corrected chi connectivity index (χ1v) is 15.0. The van der Waals surface area contributed by atoms with E-state index in [0.29, 0.717) is 28.1 Å². The number of nitrogens with zero attached hydrogens (tertiary/aromatic N) is 5. The fourth-order valence-electron chi connectivity index (χ4n) is 4.43. The molecule has 5 rings (SSSR count). The topological polar surface area (TPSA) is 129 Å². The van der Waals surface area contributed by atoms with Gasteiger partial charge in [0.1, 0.15) is 22.6 Å². The zero-order valence-corrected chi connectivity index (χ0v) is 24.9. The Hall–Kier alpha value is -4.64. The van der Waals surface area contributed by atoms with Crippen LogP contribution in [0.2, 0.25) is 0 Å². The number of sulfone groups is 1. The summed E-state index contributed by atoms with van der Waals surface area (Å²) in [6.45, 7) is 9.57. The highest BCUT2D eigenvalue weighted by Gasteiger charge is 2.27. The number of rotatable bonds is 8. The number of fused-ring (bicyclic) bond motifs is 1. The maximum absolute atomic E-state index is 13.4. The van der Waals surface area contributed by atoms with Gasteiger partial charge in [0.05, 0.1) is 34.3 Å². The van der Waals surface area contributed by atoms with E-state index in [2.05, 4.69) is 25.4 Å². The second-order valence-electron chi connectivity index (χ2n) is 11.1. The monoisotopic (exact) mass is 584 g/mol. The van der Waals surface area contributed by atoms with E-state index >= 15 is 0 Å². The SMILES string of the molecule is Cc1cc(CC(=O)Nc2cnn(C(C)(C)C)c2)ccc1Oc1ccnc2ccc(S(=O)(=O)[C@H](C)c3ncccn3)cc12. The van der Waals surface area contributed by atoms with Crippen molar-refractivity contribution in [1.29, 1.82) is 0 Å². The highest BCUT2D eigenvalue weighted by molar-refractivity contribution is 7.91. The average molecular weight is 585 g/mol. The lowest BCUT2D eigenvalue weighted by molar-refractivity contribution is -0.115. The molecule has 0 unspecified atom stereocenters. The van der Waals surface area contributed by atoms with Crippen LogP contribution in [-0.4, -0.2) is 39.1 Å². The van der Waals surface area contributed by atoms with Crippen molar-refractivity contribution in [1.82, 2.24) is 24.7 Å². The van der Waals surface area contributed by atoms with E-state index in [0.717, 1.165) is 11.1 Å². The number of hydrogen-bond donors (Lipinski definition) is 1. The molecule has 0 bridgehead atoms. The molecule has 42 heavy (non-hydrogen) atoms. The van der Waals surface area contributed by atoms with E-state index < -0.39 is 15.1 Å². The van der Waals surface area contributed by atoms with Crippen LogP contribution in [0.4, 0.5) is 5.69 Å². The molecule has 0 fully saturated rings. The molecule has 2 aromatic carbocycles. The Kier molecular flexibility index (Phi) is 7.79. The fraction of sp³-hybridized carbons (Fsp3) is 0.258. The van der Waals surface area contributed by atoms with Crippen molar-refractivity contribution in [2.75, 3.05) is 5.32 Å². The van der Waals surface area contributed by atoms with Crippen LogP contribution in [-0.2, 0) is 26.6 Å². The van der Waals surface area contributed by atoms with Crippen molar-refractivity contribution < 1.29 is 17.9 Å². The Bertz CT molecular complexity index is 1860. The minimum absolute atomic E-state index is 0.124. The quantitative estimate of drug-likeness (QED) is 0.243. The number of carbonyl (C=O) groups is 1. The summed E-state index contributed by atoms with van der Waals surface area (Å²) in [5.41, 5.74) is 2.70. The van der Waals surface area contributed by atoms with Gasteiger partial charge >= 0.3 is 0 Å². The van der Waals surface area contributed by atoms with Crippen molar-refractivity contribution in [3.63, 3.8) is 0 Å². The van der Waals surface area contributed by atoms with Crippen LogP contribution in [0.5, 0.6) is 11.5 Å². The highest BCUT2D eigenvalue weighted by Crippen LogP contribution is 2.34. The van der Waals surface area contributed by atoms with E-state index in [4.69, 9.17) is 4.74 Å². The van der Waals surface area contributed by atoms with E-state index in [1.165, 1.54) is 18.5 Å². The second-order valence-corrected chi connectivity index (χ2v) is 13.3. The maximum atomic E-state index is 13.4. The van der Waals surface area contributed by atoms with E-state index in [1.54, 1.807) is 54.3 Å². The number of carbonyl (C=O) groups excluding carboxylic acids is 1. The first kappa shape index (κ1) is 28.9. The van der Waals surface area contributed by atoms with E-state index in [-0.39, 0.29) is 28.6 Å². The van der Waals surface area contributed by atoms with Crippen molar-refractivity contribution >= 4 is 32.3 Å². The fourth-order valence-corrected chi connectivity index (χ4v) is 5.78. The smallest absolute Gasteiger partial charge is 0.228 e. The van der Waals surface area contributed by atoms with Crippen LogP contribution in [0.15, 0.2) is 84.4 Å². The largest absolute Gasteiger partial charge is 0.456 e. The minimum atomic E-state index is -3.78. The van der Waals surface area contributed by atoms with Crippen molar-refractivity contribution in [3.8, 4) is 11.5 Å². The Morgan fingerprint density at radius 3 is 2.45 bits per heavy atom. The van der Waals surface area contributed by atoms with Crippen molar-refractivity contribution in [3.05, 3.63) is 96.5 Å². The number of aromatic nitrogens is 5. The number of benzene rings is 2. The molecular weight excluding hydrogens is 552 g/mol. The van der Waals surface area contributed by atoms with Gasteiger partial charge < -0.3 is 10.1 Å². The van der Waals surface area contributed by atoms with Gasteiger partial charge in [0, 0.05) is 30.2 Å². The Morgan fingerprint density at radius 2 is 1.76 bits per heavy atom. The number of pyridine rings is 1. The molecule has 0 spiro atoms. The van der Waals surface area contributed by atoms with Gasteiger partial charge in [-0.2, -0.15) is 5.10 Å². The van der Waals surface area contributed by atoms with Crippen LogP contribution in [0.1, 0.15) is 49.9 Å². The molecule has 1 amide bonds. The molecule has 0 saturated heterocycles. The van der Waals surface area contributed by atoms with E-state index in [1.807, 2.05) is 46.0 Å². The summed E-state index contributed by atoms with van der Waals surface area (Å²) in [5, 5.41) is 6.84. The zero-order valence-electron chi connectivity index (χ0n) is 24.1. The predicted octanol–water partition coefficient (Wildman–Crippen LogP) is 5.79. The Balaban J connectivity index is 1.34. The predicted molar refractivity (Wildman–Crippen MR) is 160 cm³/mol. The molecule has 11 heteroatoms. The molecule has 3 heterocycles. The number of hydrogen-bond acceptors (Lipinski definition) is 8. The molecule has 0 aliphatic carbocycles. The Labute approximate surface area is 244 Å². The number of amides is 1. The second kappa shape index (κ2) is 11.3. The lowest BCUT2D eigenvalue weighted by atomic mass is 10.1. The summed E-state index contributed by atoms with van der Waals surface area (Å²) < 4.78 is 34.9. The van der Waals surface area contributed by atoms with Gasteiger partial charge in [-0.25, -0.2) is 18.4 Å². The van der Waals surface area contributed by atoms with Crippen LogP contribution in [0, 0.1) is 6.92 Å². The summed E-state index contributed by atoms with van der Waals surface area (Å²) in [7, 11) is -3.78. The molecule has 0 aliphatic rings. The molecule has 0 aliphatic heterocycles. The molecule has 1 N–H and O–H groups in total. The molecule has 5 aromatic rings. The number of nitrogens with one attached hydrogen (secondary N) is 1. The first-order chi connectivity index (χ1) is 19.9. The number of ether oxygens (including phenoxy) is 1. The summed E-state index contributed by atoms with van der Waals surface area (Å²) >= 11 is 0. The summed E-state index contributed by atoms with van der Waals surface area (Å²) in [6.07, 6.45) is 8.29. The third kappa shape index (κ3) is 6.15. The minimum Gasteiger partial charge on any atom is -0.456 e. The zero-order chi connectivity index (χ0) is 30.1. The number of aryl methyl sites for hydroxylation is 1. The van der Waals surface area contributed by atoms with Crippen molar-refractivity contribution in [2.24, 2.45) is 0 Å². The normalized spacial score (nSPS) is 12.7. The van der Waals surface area contributed by atoms with Gasteiger partial charge in [-0.15, -0.1) is 0 Å². The molecule has 0 radical (unpaired) electrons. The van der Waals surface area contributed by atoms with Crippen LogP contribution >= 0.6 is 0 Å². The standard InChI is InChI=1S/C31H32N6O4S/c1-20-15-22(16-29(38)36-23-18-35-37(19-23)31(3,4)5)7-10-27(20)41-28-11-14-32-26-9-8-24(17-25(26)28)42(39,40)21(2)30-33-12-6-13-34-30/h6-15,17-19,21H,16H2,1-5H3,(H,36,38)/t21-/m1/s1. The third-order valence-corrected chi connectivity index (χ3v) is 8.85. The summed E-state index contributed by atoms with van der Waals surface area (Å²) in [4.78, 5) is 25.4. The molecule has 216 valence electrons. The third-order valence-electron chi connectivity index (χ3n) is 6.79. The molecule has 1 atom stereocenters. The lowest BCUT2D eigenvalue weighted by Crippen LogP contribution is -2.22. The van der Waals surface area contributed by atoms with Crippen LogP contribution < -0.4 is 10.1 Å². The molecule has 0 saturated carbocycles. The Morgan fingerprint density at radius 1 is 1.00 bits per heavy atom. The average Bonchev–Trinajstić information content (AvgIpc) is 3.43. The molecule has 10 nitrogen and oxygen atoms in total. The molecule has 3 aromatic heterocycles. The highest BCUT2D eigenvalue weighted by atomic mass is 32.2. The maximum Gasteiger partial charge on any atom is 0.228 e. The van der Waals surface area contributed by atoms with Gasteiger partial charge in [0.15, 0.2) is 9.84 Å². The van der Waals surface area contributed by atoms with Crippen molar-refractivity contribution in [2.45, 2.75) is 56.7 Å². The molecular formula is C31H32N6O4S. The summed E-state index contributed by atoms with van der Waals surface area (Å²) in [6, 6.07) is 13.6.